The van der Waals surface area contributed by atoms with E-state index in [1.807, 2.05) is 13.0 Å². The highest BCUT2D eigenvalue weighted by Gasteiger charge is 2.19. The second-order valence-corrected chi connectivity index (χ2v) is 6.50. The number of hydrogen-bond acceptors (Lipinski definition) is 4. The number of benzene rings is 2. The minimum absolute atomic E-state index is 0.116. The van der Waals surface area contributed by atoms with Crippen LogP contribution in [0.15, 0.2) is 54.7 Å². The molecule has 0 saturated carbocycles. The van der Waals surface area contributed by atoms with Crippen molar-refractivity contribution in [3.63, 3.8) is 0 Å². The molecule has 3 rings (SSSR count). The quantitative estimate of drug-likeness (QED) is 0.651. The molecule has 1 amide bonds. The predicted molar refractivity (Wildman–Crippen MR) is 103 cm³/mol. The largest absolute Gasteiger partial charge is 0.449 e. The van der Waals surface area contributed by atoms with E-state index in [1.54, 1.807) is 35.1 Å². The van der Waals surface area contributed by atoms with Crippen molar-refractivity contribution in [2.45, 2.75) is 20.0 Å². The van der Waals surface area contributed by atoms with Gasteiger partial charge in [-0.05, 0) is 62.4 Å². The number of aromatic nitrogens is 2. The zero-order valence-corrected chi connectivity index (χ0v) is 15.9. The number of anilines is 1. The van der Waals surface area contributed by atoms with Gasteiger partial charge in [-0.3, -0.25) is 4.79 Å². The van der Waals surface area contributed by atoms with Crippen LogP contribution in [0.5, 0.6) is 0 Å². The molecule has 0 saturated heterocycles. The van der Waals surface area contributed by atoms with E-state index in [2.05, 4.69) is 10.4 Å². The van der Waals surface area contributed by atoms with Crippen LogP contribution in [0.3, 0.4) is 0 Å². The van der Waals surface area contributed by atoms with Crippen molar-refractivity contribution < 1.29 is 18.7 Å². The number of aryl methyl sites for hydroxylation is 1. The van der Waals surface area contributed by atoms with Crippen LogP contribution in [0.4, 0.5) is 10.1 Å². The minimum Gasteiger partial charge on any atom is -0.449 e. The number of hydrogen-bond donors (Lipinski definition) is 1. The van der Waals surface area contributed by atoms with Gasteiger partial charge in [0.25, 0.3) is 5.91 Å². The lowest BCUT2D eigenvalue weighted by Crippen LogP contribution is -2.30. The zero-order valence-electron chi connectivity index (χ0n) is 15.1. The molecule has 0 spiro atoms. The number of carbonyl (C=O) groups excluding carboxylic acids is 2. The van der Waals surface area contributed by atoms with Crippen LogP contribution < -0.4 is 5.32 Å². The third-order valence-corrected chi connectivity index (χ3v) is 4.31. The van der Waals surface area contributed by atoms with Gasteiger partial charge in [-0.1, -0.05) is 11.6 Å². The molecule has 0 aliphatic carbocycles. The Balaban J connectivity index is 1.62. The Bertz CT molecular complexity index is 1020. The van der Waals surface area contributed by atoms with E-state index in [0.29, 0.717) is 11.3 Å². The van der Waals surface area contributed by atoms with Gasteiger partial charge < -0.3 is 10.1 Å². The van der Waals surface area contributed by atoms with Gasteiger partial charge in [-0.2, -0.15) is 5.10 Å². The second-order valence-electron chi connectivity index (χ2n) is 6.10. The van der Waals surface area contributed by atoms with Gasteiger partial charge in [0.05, 0.1) is 16.3 Å². The SMILES string of the molecule is Cc1ccnn1-c1ccc(C(=O)O[C@@H](C)C(=O)Nc2ccc(F)c(Cl)c2)cc1. The van der Waals surface area contributed by atoms with Crippen molar-refractivity contribution in [2.24, 2.45) is 0 Å². The van der Waals surface area contributed by atoms with E-state index < -0.39 is 23.8 Å². The summed E-state index contributed by atoms with van der Waals surface area (Å²) in [5.41, 5.74) is 2.37. The standard InChI is InChI=1S/C20H17ClFN3O3/c1-12-9-10-23-25(12)16-6-3-14(4-7-16)20(27)28-13(2)19(26)24-15-5-8-18(22)17(21)11-15/h3-11,13H,1-2H3,(H,24,26)/t13-/m0/s1. The first-order chi connectivity index (χ1) is 13.3. The van der Waals surface area contributed by atoms with Gasteiger partial charge in [0.2, 0.25) is 0 Å². The molecule has 1 N–H and O–H groups in total. The van der Waals surface area contributed by atoms with E-state index in [4.69, 9.17) is 16.3 Å². The fraction of sp³-hybridized carbons (Fsp3) is 0.150. The van der Waals surface area contributed by atoms with E-state index in [1.165, 1.54) is 19.1 Å². The Hall–Kier alpha value is -3.19. The molecule has 1 atom stereocenters. The molecule has 8 heteroatoms. The van der Waals surface area contributed by atoms with Gasteiger partial charge in [0.15, 0.2) is 6.10 Å². The first kappa shape index (κ1) is 19.6. The number of ether oxygens (including phenoxy) is 1. The molecule has 6 nitrogen and oxygen atoms in total. The maximum absolute atomic E-state index is 13.2. The average molecular weight is 402 g/mol. The molecule has 2 aromatic carbocycles. The number of nitrogens with one attached hydrogen (secondary N) is 1. The third-order valence-electron chi connectivity index (χ3n) is 4.02. The third kappa shape index (κ3) is 4.37. The Morgan fingerprint density at radius 2 is 1.89 bits per heavy atom. The molecule has 0 unspecified atom stereocenters. The van der Waals surface area contributed by atoms with E-state index in [9.17, 15) is 14.0 Å². The molecule has 0 bridgehead atoms. The van der Waals surface area contributed by atoms with Gasteiger partial charge in [0.1, 0.15) is 5.82 Å². The summed E-state index contributed by atoms with van der Waals surface area (Å²) in [4.78, 5) is 24.5. The van der Waals surface area contributed by atoms with Crippen LogP contribution in [0.25, 0.3) is 5.69 Å². The van der Waals surface area contributed by atoms with Crippen molar-refractivity contribution >= 4 is 29.2 Å². The fourth-order valence-electron chi connectivity index (χ4n) is 2.48. The Kier molecular flexibility index (Phi) is 5.75. The molecule has 28 heavy (non-hydrogen) atoms. The summed E-state index contributed by atoms with van der Waals surface area (Å²) in [6.07, 6.45) is 0.635. The fourth-order valence-corrected chi connectivity index (χ4v) is 2.66. The molecule has 144 valence electrons. The Morgan fingerprint density at radius 3 is 2.50 bits per heavy atom. The number of carbonyl (C=O) groups is 2. The first-order valence-electron chi connectivity index (χ1n) is 8.43. The van der Waals surface area contributed by atoms with Gasteiger partial charge in [0, 0.05) is 17.6 Å². The number of nitrogens with zero attached hydrogens (tertiary/aromatic N) is 2. The summed E-state index contributed by atoms with van der Waals surface area (Å²) in [7, 11) is 0. The molecule has 0 radical (unpaired) electrons. The number of esters is 1. The van der Waals surface area contributed by atoms with Crippen molar-refractivity contribution in [1.29, 1.82) is 0 Å². The van der Waals surface area contributed by atoms with Crippen LogP contribution in [0.1, 0.15) is 23.0 Å². The highest BCUT2D eigenvalue weighted by molar-refractivity contribution is 6.31. The van der Waals surface area contributed by atoms with Crippen LogP contribution in [0.2, 0.25) is 5.02 Å². The summed E-state index contributed by atoms with van der Waals surface area (Å²) < 4.78 is 20.1. The van der Waals surface area contributed by atoms with E-state index >= 15 is 0 Å². The summed E-state index contributed by atoms with van der Waals surface area (Å²) >= 11 is 5.68. The molecular weight excluding hydrogens is 385 g/mol. The maximum Gasteiger partial charge on any atom is 0.338 e. The minimum atomic E-state index is -1.05. The lowest BCUT2D eigenvalue weighted by molar-refractivity contribution is -0.123. The maximum atomic E-state index is 13.2. The summed E-state index contributed by atoms with van der Waals surface area (Å²) in [6, 6.07) is 12.3. The summed E-state index contributed by atoms with van der Waals surface area (Å²) in [5, 5.41) is 6.60. The van der Waals surface area contributed by atoms with Crippen LogP contribution in [-0.4, -0.2) is 27.8 Å². The number of rotatable bonds is 5. The molecule has 0 aliphatic rings. The van der Waals surface area contributed by atoms with E-state index in [0.717, 1.165) is 17.4 Å². The molecular formula is C20H17ClFN3O3. The zero-order chi connectivity index (χ0) is 20.3. The van der Waals surface area contributed by atoms with E-state index in [-0.39, 0.29) is 5.02 Å². The number of halogens is 2. The van der Waals surface area contributed by atoms with Gasteiger partial charge >= 0.3 is 5.97 Å². The van der Waals surface area contributed by atoms with Crippen molar-refractivity contribution in [1.82, 2.24) is 9.78 Å². The van der Waals surface area contributed by atoms with Crippen LogP contribution >= 0.6 is 11.6 Å². The summed E-state index contributed by atoms with van der Waals surface area (Å²) in [5.74, 6) is -1.78. The van der Waals surface area contributed by atoms with Crippen molar-refractivity contribution in [3.8, 4) is 5.69 Å². The Labute approximate surface area is 165 Å². The highest BCUT2D eigenvalue weighted by Crippen LogP contribution is 2.20. The first-order valence-corrected chi connectivity index (χ1v) is 8.81. The molecule has 3 aromatic rings. The van der Waals surface area contributed by atoms with Crippen LogP contribution in [-0.2, 0) is 9.53 Å². The molecule has 1 aromatic heterocycles. The van der Waals surface area contributed by atoms with Crippen molar-refractivity contribution in [3.05, 3.63) is 76.8 Å². The summed E-state index contributed by atoms with van der Waals surface area (Å²) in [6.45, 7) is 3.36. The number of amides is 1. The van der Waals surface area contributed by atoms with Crippen molar-refractivity contribution in [2.75, 3.05) is 5.32 Å². The van der Waals surface area contributed by atoms with Gasteiger partial charge in [-0.15, -0.1) is 0 Å². The topological polar surface area (TPSA) is 73.2 Å². The lowest BCUT2D eigenvalue weighted by atomic mass is 10.2. The molecule has 0 aliphatic heterocycles. The Morgan fingerprint density at radius 1 is 1.18 bits per heavy atom. The lowest BCUT2D eigenvalue weighted by Gasteiger charge is -2.14. The molecule has 0 fully saturated rings. The predicted octanol–water partition coefficient (Wildman–Crippen LogP) is 4.16. The highest BCUT2D eigenvalue weighted by atomic mass is 35.5. The van der Waals surface area contributed by atoms with Gasteiger partial charge in [-0.25, -0.2) is 13.9 Å². The monoisotopic (exact) mass is 401 g/mol. The normalized spacial score (nSPS) is 11.7. The second kappa shape index (κ2) is 8.22. The van der Waals surface area contributed by atoms with Crippen LogP contribution in [0, 0.1) is 12.7 Å². The smallest absolute Gasteiger partial charge is 0.338 e. The average Bonchev–Trinajstić information content (AvgIpc) is 3.10. The molecule has 1 heterocycles.